The monoisotopic (exact) mass is 329 g/mol. The Morgan fingerprint density at radius 2 is 1.05 bits per heavy atom. The van der Waals surface area contributed by atoms with Gasteiger partial charge < -0.3 is 4.23 Å². The molecule has 0 atom stereocenters. The van der Waals surface area contributed by atoms with Gasteiger partial charge in [-0.3, -0.25) is 4.79 Å². The highest BCUT2D eigenvalue weighted by Crippen LogP contribution is 2.39. The molecule has 0 fully saturated rings. The minimum Gasteiger partial charge on any atom is -0.396 e. The highest BCUT2D eigenvalue weighted by molar-refractivity contribution is 6.92. The molecule has 0 rings (SSSR count). The smallest absolute Gasteiger partial charge is 0.213 e. The molecule has 0 spiro atoms. The molecule has 126 valence electrons. The molecule has 0 N–H and O–H groups in total. The van der Waals surface area contributed by atoms with Gasteiger partial charge in [0, 0.05) is 5.41 Å². The third-order valence-electron chi connectivity index (χ3n) is 4.18. The average molecular weight is 330 g/mol. The van der Waals surface area contributed by atoms with Crippen molar-refractivity contribution in [3.8, 4) is 0 Å². The molecule has 0 aromatic heterocycles. The van der Waals surface area contributed by atoms with Gasteiger partial charge in [0.2, 0.25) is 5.91 Å². The molecule has 0 aliphatic carbocycles. The summed E-state index contributed by atoms with van der Waals surface area (Å²) in [6, 6.07) is 0. The lowest BCUT2D eigenvalue weighted by Gasteiger charge is -2.49. The van der Waals surface area contributed by atoms with Crippen LogP contribution >= 0.6 is 0 Å². The minimum atomic E-state index is -1.64. The summed E-state index contributed by atoms with van der Waals surface area (Å²) in [6.07, 6.45) is 6.49. The Hall–Kier alpha value is -0.0962. The fourth-order valence-corrected chi connectivity index (χ4v) is 13.7. The molecule has 0 unspecified atom stereocenters. The van der Waals surface area contributed by atoms with Crippen molar-refractivity contribution >= 4 is 22.4 Å². The van der Waals surface area contributed by atoms with Crippen LogP contribution in [0.3, 0.4) is 0 Å². The van der Waals surface area contributed by atoms with Gasteiger partial charge in [-0.1, -0.05) is 79.3 Å². The van der Waals surface area contributed by atoms with E-state index < -0.39 is 16.5 Å². The van der Waals surface area contributed by atoms with E-state index in [1.165, 1.54) is 0 Å². The summed E-state index contributed by atoms with van der Waals surface area (Å²) in [5, 5.41) is 0. The molecule has 4 heteroatoms. The van der Waals surface area contributed by atoms with Crippen LogP contribution in [-0.4, -0.2) is 26.6 Å². The van der Waals surface area contributed by atoms with Crippen LogP contribution in [0.5, 0.6) is 0 Å². The number of hydrogen-bond donors (Lipinski definition) is 0. The molecule has 0 radical (unpaired) electrons. The van der Waals surface area contributed by atoms with E-state index in [0.717, 1.165) is 38.5 Å². The number of carbonyl (C=O) groups is 1. The van der Waals surface area contributed by atoms with Gasteiger partial charge in [0.05, 0.1) is 0 Å². The summed E-state index contributed by atoms with van der Waals surface area (Å²) in [5.74, 6) is 0.492. The largest absolute Gasteiger partial charge is 0.396 e. The summed E-state index contributed by atoms with van der Waals surface area (Å²) in [4.78, 5) is 13.6. The molecule has 0 aliphatic heterocycles. The van der Waals surface area contributed by atoms with Gasteiger partial charge in [-0.05, 0) is 19.3 Å². The van der Waals surface area contributed by atoms with Gasteiger partial charge in [0.15, 0.2) is 0 Å². The van der Waals surface area contributed by atoms with E-state index >= 15 is 0 Å². The summed E-state index contributed by atoms with van der Waals surface area (Å²) in [5.41, 5.74) is -0.0984. The third-order valence-corrected chi connectivity index (χ3v) is 11.3. The lowest BCUT2D eigenvalue weighted by Crippen LogP contribution is -2.65. The Kier molecular flexibility index (Phi) is 7.92. The lowest BCUT2D eigenvalue weighted by atomic mass is 9.75. The Bertz CT molecular complexity index is 298. The van der Waals surface area contributed by atoms with Gasteiger partial charge in [-0.25, -0.2) is 0 Å². The van der Waals surface area contributed by atoms with Crippen LogP contribution in [0.4, 0.5) is 0 Å². The van der Waals surface area contributed by atoms with Gasteiger partial charge in [0.25, 0.3) is 0 Å². The van der Waals surface area contributed by atoms with Crippen LogP contribution in [0.2, 0.25) is 39.3 Å². The van der Waals surface area contributed by atoms with E-state index in [0.29, 0.717) is 5.91 Å². The van der Waals surface area contributed by atoms with Crippen molar-refractivity contribution < 1.29 is 4.79 Å². The molecule has 0 saturated heterocycles. The van der Waals surface area contributed by atoms with E-state index in [1.54, 1.807) is 0 Å². The first kappa shape index (κ1) is 20.9. The first-order valence-corrected chi connectivity index (χ1v) is 15.7. The van der Waals surface area contributed by atoms with Crippen molar-refractivity contribution in [3.05, 3.63) is 0 Å². The van der Waals surface area contributed by atoms with E-state index in [4.69, 9.17) is 0 Å². The maximum absolute atomic E-state index is 13.6. The van der Waals surface area contributed by atoms with Crippen molar-refractivity contribution in [2.75, 3.05) is 0 Å². The van der Waals surface area contributed by atoms with E-state index in [1.807, 2.05) is 0 Å². The molecule has 0 aliphatic rings. The maximum Gasteiger partial charge on any atom is 0.213 e. The molecule has 0 bridgehead atoms. The topological polar surface area (TPSA) is 20.3 Å². The quantitative estimate of drug-likeness (QED) is 0.484. The normalized spacial score (nSPS) is 13.4. The van der Waals surface area contributed by atoms with Crippen molar-refractivity contribution in [1.82, 2.24) is 4.23 Å². The van der Waals surface area contributed by atoms with E-state index in [2.05, 4.69) is 64.3 Å². The molecule has 1 amide bonds. The first-order valence-electron chi connectivity index (χ1n) is 8.81. The molecule has 0 saturated carbocycles. The van der Waals surface area contributed by atoms with Crippen LogP contribution in [-0.2, 0) is 4.79 Å². The van der Waals surface area contributed by atoms with Crippen molar-refractivity contribution in [2.45, 2.75) is 98.6 Å². The Morgan fingerprint density at radius 3 is 1.24 bits per heavy atom. The fraction of sp³-hybridized carbons (Fsp3) is 0.941. The van der Waals surface area contributed by atoms with Gasteiger partial charge in [-0.15, -0.1) is 0 Å². The van der Waals surface area contributed by atoms with Crippen molar-refractivity contribution in [1.29, 1.82) is 0 Å². The molecule has 0 heterocycles. The molecule has 0 aromatic rings. The first-order chi connectivity index (χ1) is 9.46. The summed E-state index contributed by atoms with van der Waals surface area (Å²) >= 11 is 0. The van der Waals surface area contributed by atoms with Crippen LogP contribution in [0.25, 0.3) is 0 Å². The minimum absolute atomic E-state index is 0.0984. The van der Waals surface area contributed by atoms with Gasteiger partial charge >= 0.3 is 0 Å². The Labute approximate surface area is 135 Å². The third kappa shape index (κ3) is 5.55. The zero-order valence-electron chi connectivity index (χ0n) is 16.1. The molecular weight excluding hydrogens is 290 g/mol. The fourth-order valence-electron chi connectivity index (χ4n) is 3.98. The van der Waals surface area contributed by atoms with E-state index in [9.17, 15) is 4.79 Å². The summed E-state index contributed by atoms with van der Waals surface area (Å²) in [6.45, 7) is 20.7. The number of rotatable bonds is 9. The van der Waals surface area contributed by atoms with Crippen LogP contribution in [0.15, 0.2) is 0 Å². The van der Waals surface area contributed by atoms with Crippen molar-refractivity contribution in [3.63, 3.8) is 0 Å². The van der Waals surface area contributed by atoms with Crippen LogP contribution in [0.1, 0.15) is 59.3 Å². The maximum atomic E-state index is 13.6. The second kappa shape index (κ2) is 7.95. The van der Waals surface area contributed by atoms with Gasteiger partial charge in [-0.2, -0.15) is 0 Å². The van der Waals surface area contributed by atoms with Crippen LogP contribution < -0.4 is 0 Å². The Morgan fingerprint density at radius 1 is 0.762 bits per heavy atom. The lowest BCUT2D eigenvalue weighted by molar-refractivity contribution is -0.136. The van der Waals surface area contributed by atoms with Crippen LogP contribution in [0, 0.1) is 5.41 Å². The zero-order valence-corrected chi connectivity index (χ0v) is 18.1. The van der Waals surface area contributed by atoms with Crippen molar-refractivity contribution in [2.24, 2.45) is 5.41 Å². The summed E-state index contributed by atoms with van der Waals surface area (Å²) in [7, 11) is -3.27. The SMILES string of the molecule is CCCC(CCC)(CCC)C(=O)N([Si](C)(C)C)[Si](C)(C)C. The highest BCUT2D eigenvalue weighted by atomic mass is 28.4. The number of carbonyl (C=O) groups excluding carboxylic acids is 1. The standard InChI is InChI=1S/C17H39NOSi2/c1-10-13-17(14-11-2,15-12-3)16(19)18(20(4,5)6)21(7,8)9/h10-15H2,1-9H3. The number of nitrogens with zero attached hydrogens (tertiary/aromatic N) is 1. The highest BCUT2D eigenvalue weighted by Gasteiger charge is 2.46. The molecular formula is C17H39NOSi2. The van der Waals surface area contributed by atoms with E-state index in [-0.39, 0.29) is 5.41 Å². The molecule has 2 nitrogen and oxygen atoms in total. The second-order valence-electron chi connectivity index (χ2n) is 8.51. The second-order valence-corrected chi connectivity index (χ2v) is 18.5. The number of hydrogen-bond acceptors (Lipinski definition) is 1. The zero-order chi connectivity index (χ0) is 16.9. The average Bonchev–Trinajstić information content (AvgIpc) is 2.25. The van der Waals surface area contributed by atoms with Gasteiger partial charge in [0.1, 0.15) is 16.5 Å². The predicted octanol–water partition coefficient (Wildman–Crippen LogP) is 5.87. The molecule has 0 aromatic carbocycles. The molecule has 21 heavy (non-hydrogen) atoms. The Balaban J connectivity index is 5.79. The summed E-state index contributed by atoms with van der Waals surface area (Å²) < 4.78 is 2.42. The predicted molar refractivity (Wildman–Crippen MR) is 101 cm³/mol. The number of amides is 1.